The lowest BCUT2D eigenvalue weighted by Crippen LogP contribution is -2.30. The second kappa shape index (κ2) is 15.7. The van der Waals surface area contributed by atoms with Gasteiger partial charge in [-0.3, -0.25) is 0 Å². The van der Waals surface area contributed by atoms with Crippen molar-refractivity contribution in [3.8, 4) is 0 Å². The van der Waals surface area contributed by atoms with Gasteiger partial charge in [-0.2, -0.15) is 0 Å². The van der Waals surface area contributed by atoms with Crippen molar-refractivity contribution in [1.82, 2.24) is 0 Å². The molecule has 0 saturated heterocycles. The van der Waals surface area contributed by atoms with Crippen LogP contribution in [-0.2, 0) is 0 Å². The maximum atomic E-state index is 3.84. The van der Waals surface area contributed by atoms with Crippen LogP contribution < -0.4 is 0 Å². The van der Waals surface area contributed by atoms with Crippen LogP contribution in [0.2, 0.25) is 0 Å². The van der Waals surface area contributed by atoms with Gasteiger partial charge in [-0.05, 0) is 16.4 Å². The van der Waals surface area contributed by atoms with Gasteiger partial charge in [0.05, 0.1) is 0 Å². The van der Waals surface area contributed by atoms with Gasteiger partial charge >= 0.3 is 0 Å². The molecule has 0 fully saturated rings. The van der Waals surface area contributed by atoms with Gasteiger partial charge in [0.2, 0.25) is 0 Å². The van der Waals surface area contributed by atoms with Crippen LogP contribution >= 0.6 is 9.24 Å². The minimum atomic E-state index is 0.128. The molecule has 0 amide bonds. The summed E-state index contributed by atoms with van der Waals surface area (Å²) in [6.45, 7) is 28.7. The highest BCUT2D eigenvalue weighted by molar-refractivity contribution is 7.15. The summed E-state index contributed by atoms with van der Waals surface area (Å²) in [5, 5.41) is 0. The van der Waals surface area contributed by atoms with Crippen LogP contribution in [0.4, 0.5) is 0 Å². The lowest BCUT2D eigenvalue weighted by Gasteiger charge is -2.40. The fourth-order valence-corrected chi connectivity index (χ4v) is 1.09. The summed E-state index contributed by atoms with van der Waals surface area (Å²) in [4.78, 5) is 0. The van der Waals surface area contributed by atoms with E-state index in [1.165, 1.54) is 5.57 Å². The van der Waals surface area contributed by atoms with E-state index in [-0.39, 0.29) is 10.8 Å². The van der Waals surface area contributed by atoms with Crippen molar-refractivity contribution in [1.29, 1.82) is 0 Å². The molecule has 0 aromatic carbocycles. The van der Waals surface area contributed by atoms with E-state index in [1.54, 1.807) is 0 Å². The van der Waals surface area contributed by atoms with Crippen LogP contribution in [-0.4, -0.2) is 6.66 Å². The van der Waals surface area contributed by atoms with Gasteiger partial charge in [0.25, 0.3) is 0 Å². The molecule has 1 atom stereocenters. The lowest BCUT2D eigenvalue weighted by molar-refractivity contribution is 0.182. The summed E-state index contributed by atoms with van der Waals surface area (Å²) in [7, 11) is 2.42. The average Bonchev–Trinajstić information content (AvgIpc) is 2.41. The summed E-state index contributed by atoms with van der Waals surface area (Å²) in [5.74, 6) is 0. The van der Waals surface area contributed by atoms with Crippen LogP contribution in [0.15, 0.2) is 37.0 Å². The van der Waals surface area contributed by atoms with Gasteiger partial charge < -0.3 is 0 Å². The maximum absolute atomic E-state index is 3.84. The first-order chi connectivity index (χ1) is 8.77. The summed E-state index contributed by atoms with van der Waals surface area (Å²) in [6, 6.07) is 0. The van der Waals surface area contributed by atoms with Gasteiger partial charge in [-0.25, -0.2) is 0 Å². The van der Waals surface area contributed by atoms with Crippen molar-refractivity contribution < 1.29 is 0 Å². The molecule has 0 aromatic heterocycles. The highest BCUT2D eigenvalue weighted by Crippen LogP contribution is 2.44. The molecule has 0 nitrogen and oxygen atoms in total. The summed E-state index contributed by atoms with van der Waals surface area (Å²) >= 11 is 0. The van der Waals surface area contributed by atoms with E-state index >= 15 is 0 Å². The Morgan fingerprint density at radius 2 is 1.16 bits per heavy atom. The Morgan fingerprint density at radius 3 is 1.32 bits per heavy atom. The molecule has 0 aliphatic heterocycles. The third-order valence-corrected chi connectivity index (χ3v) is 3.11. The maximum Gasteiger partial charge on any atom is -0.00553 e. The molecule has 0 aliphatic carbocycles. The number of hydrogen-bond acceptors (Lipinski definition) is 0. The van der Waals surface area contributed by atoms with Gasteiger partial charge in [-0.1, -0.05) is 100 Å². The zero-order chi connectivity index (χ0) is 16.7. The molecule has 0 aromatic rings. The topological polar surface area (TPSA) is 0 Å². The predicted molar refractivity (Wildman–Crippen MR) is 100 cm³/mol. The van der Waals surface area contributed by atoms with Crippen molar-refractivity contribution in [3.63, 3.8) is 0 Å². The van der Waals surface area contributed by atoms with Gasteiger partial charge in [0.1, 0.15) is 0 Å². The Hall–Kier alpha value is -0.350. The minimum Gasteiger partial charge on any atom is -0.141 e. The molecule has 0 saturated carbocycles. The molecule has 19 heavy (non-hydrogen) atoms. The molecule has 0 spiro atoms. The van der Waals surface area contributed by atoms with E-state index < -0.39 is 0 Å². The van der Waals surface area contributed by atoms with E-state index in [2.05, 4.69) is 57.0 Å². The first-order valence-corrected chi connectivity index (χ1v) is 8.46. The Bertz CT molecular complexity index is 227. The molecule has 0 bridgehead atoms. The lowest BCUT2D eigenvalue weighted by atomic mass is 9.65. The minimum absolute atomic E-state index is 0.128. The van der Waals surface area contributed by atoms with Crippen LogP contribution in [0.5, 0.6) is 0 Å². The number of allylic oxidation sites excluding steroid dienone is 4. The van der Waals surface area contributed by atoms with E-state index in [0.717, 1.165) is 0 Å². The van der Waals surface area contributed by atoms with Gasteiger partial charge in [0.15, 0.2) is 0 Å². The molecule has 1 unspecified atom stereocenters. The van der Waals surface area contributed by atoms with Crippen LogP contribution in [0.25, 0.3) is 0 Å². The van der Waals surface area contributed by atoms with E-state index in [4.69, 9.17) is 0 Å². The summed E-state index contributed by atoms with van der Waals surface area (Å²) in [5.41, 5.74) is 1.61. The first kappa shape index (κ1) is 27.1. The Morgan fingerprint density at radius 1 is 0.842 bits per heavy atom. The van der Waals surface area contributed by atoms with Crippen molar-refractivity contribution in [2.45, 2.75) is 62.3 Å². The Labute approximate surface area is 126 Å². The standard InChI is InChI=1S/C13H22.2C2H6.CH5P/c1-8-10-11(9-2)13(6,7)12(3,4)5;3*1-2/h8-10H,1-2H2,3-7H3;2*1-2H3;2H2,1H3/b11-10+;;;. The summed E-state index contributed by atoms with van der Waals surface area (Å²) < 4.78 is 0. The van der Waals surface area contributed by atoms with Crippen molar-refractivity contribution in [2.75, 3.05) is 6.66 Å². The number of rotatable bonds is 3. The molecule has 0 aliphatic rings. The smallest absolute Gasteiger partial charge is 0.00553 e. The van der Waals surface area contributed by atoms with Gasteiger partial charge in [0, 0.05) is 0 Å². The zero-order valence-electron chi connectivity index (χ0n) is 15.2. The molecule has 0 rings (SSSR count). The second-order valence-corrected chi connectivity index (χ2v) is 4.94. The average molecular weight is 286 g/mol. The van der Waals surface area contributed by atoms with Gasteiger partial charge in [-0.15, -0.1) is 9.24 Å². The predicted octanol–water partition coefficient (Wildman–Crippen LogP) is 6.90. The Balaban J connectivity index is -0.000000163. The quantitative estimate of drug-likeness (QED) is 0.391. The van der Waals surface area contributed by atoms with E-state index in [1.807, 2.05) is 52.6 Å². The summed E-state index contributed by atoms with van der Waals surface area (Å²) in [6.07, 6.45) is 5.79. The van der Waals surface area contributed by atoms with E-state index in [9.17, 15) is 0 Å². The SMILES string of the molecule is C=C/C=C(\C=C)C(C)(C)C(C)(C)C.CC.CC.CP. The highest BCUT2D eigenvalue weighted by Gasteiger charge is 2.34. The third-order valence-electron chi connectivity index (χ3n) is 3.11. The highest BCUT2D eigenvalue weighted by atomic mass is 31.0. The van der Waals surface area contributed by atoms with E-state index in [0.29, 0.717) is 0 Å². The molecule has 0 radical (unpaired) electrons. The van der Waals surface area contributed by atoms with Crippen LogP contribution in [0.3, 0.4) is 0 Å². The normalized spacial score (nSPS) is 10.6. The molecule has 116 valence electrons. The Kier molecular flexibility index (Phi) is 22.4. The molecular formula is C18H39P. The monoisotopic (exact) mass is 286 g/mol. The van der Waals surface area contributed by atoms with Crippen molar-refractivity contribution in [2.24, 2.45) is 10.8 Å². The molecule has 0 heterocycles. The molecule has 1 heteroatoms. The fraction of sp³-hybridized carbons (Fsp3) is 0.667. The van der Waals surface area contributed by atoms with Crippen molar-refractivity contribution >= 4 is 9.24 Å². The van der Waals surface area contributed by atoms with Crippen molar-refractivity contribution in [3.05, 3.63) is 37.0 Å². The zero-order valence-corrected chi connectivity index (χ0v) is 16.4. The third kappa shape index (κ3) is 11.2. The molecule has 0 N–H and O–H groups in total. The number of hydrogen-bond donors (Lipinski definition) is 0. The fourth-order valence-electron chi connectivity index (χ4n) is 1.09. The van der Waals surface area contributed by atoms with Crippen LogP contribution in [0, 0.1) is 10.8 Å². The molecular weight excluding hydrogens is 247 g/mol. The second-order valence-electron chi connectivity index (χ2n) is 4.94. The van der Waals surface area contributed by atoms with Crippen LogP contribution in [0.1, 0.15) is 62.3 Å². The largest absolute Gasteiger partial charge is 0.141 e. The first-order valence-electron chi connectivity index (χ1n) is 7.30.